The molecule has 3 aromatic heterocycles. The number of carbonyl (C=O) groups excluding carboxylic acids is 1. The third kappa shape index (κ3) is 10.3. The Balaban J connectivity index is 0.807. The zero-order chi connectivity index (χ0) is 48.6. The predicted octanol–water partition coefficient (Wildman–Crippen LogP) is 9.10. The summed E-state index contributed by atoms with van der Waals surface area (Å²) in [6.07, 6.45) is 15.0. The van der Waals surface area contributed by atoms with Crippen LogP contribution in [-0.4, -0.2) is 106 Å². The van der Waals surface area contributed by atoms with Crippen LogP contribution >= 0.6 is 0 Å². The maximum atomic E-state index is 14.0. The molecule has 5 aromatic rings. The van der Waals surface area contributed by atoms with Gasteiger partial charge < -0.3 is 24.7 Å². The van der Waals surface area contributed by atoms with E-state index < -0.39 is 41.2 Å². The minimum Gasteiger partial charge on any atom is -0.455 e. The largest absolute Gasteiger partial charge is 0.455 e. The van der Waals surface area contributed by atoms with Gasteiger partial charge in [-0.3, -0.25) is 19.8 Å². The standard InChI is InChI=1S/C51H63N9O8S2/c1-34(2)42-9-4-5-10-43(42)45-11-8-20-59(45)38-28-51(29-38)17-21-58(22-18-51)37-13-15-44(47(26-37)68-40-25-35-16-19-52-48(35)53-31-40)50(61)57-70(65,66)41-27-46(60(62)63)49(55-32-41)54-30-39-14-12-36(33-67-39)56-69(64)23-6-3-7-24-69/h4-5,9-10,13,15-16,19,25-27,31-32,34,36,38-39,45H,3,6-8,11-12,14,17-18,20-24,28-30,33H2,1-2H3,(H,52,53)(H,54,55)(H,57,61)/t36?,39?,45-/m0/s1. The molecular formula is C51H63N9O8S2. The van der Waals surface area contributed by atoms with Gasteiger partial charge in [-0.15, -0.1) is 0 Å². The number of hydrogen-bond donors (Lipinski definition) is 3. The summed E-state index contributed by atoms with van der Waals surface area (Å²) >= 11 is 0. The van der Waals surface area contributed by atoms with Crippen molar-refractivity contribution in [1.29, 1.82) is 0 Å². The number of hydrogen-bond acceptors (Lipinski definition) is 14. The van der Waals surface area contributed by atoms with Crippen LogP contribution in [0.25, 0.3) is 11.0 Å². The van der Waals surface area contributed by atoms with Crippen LogP contribution in [0, 0.1) is 15.5 Å². The summed E-state index contributed by atoms with van der Waals surface area (Å²) < 4.78 is 59.8. The fourth-order valence-corrected chi connectivity index (χ4v) is 14.8. The lowest BCUT2D eigenvalue weighted by Gasteiger charge is -2.56. The molecule has 1 amide bonds. The highest BCUT2D eigenvalue weighted by atomic mass is 32.2. The fourth-order valence-electron chi connectivity index (χ4n) is 11.5. The summed E-state index contributed by atoms with van der Waals surface area (Å²) in [7, 11) is -6.87. The van der Waals surface area contributed by atoms with Gasteiger partial charge in [0.15, 0.2) is 0 Å². The highest BCUT2D eigenvalue weighted by Gasteiger charge is 2.50. The molecule has 1 aliphatic carbocycles. The molecule has 0 radical (unpaired) electrons. The maximum absolute atomic E-state index is 14.0. The number of nitro groups is 1. The minimum atomic E-state index is -4.67. The lowest BCUT2D eigenvalue weighted by molar-refractivity contribution is -0.384. The SMILES string of the molecule is CC(C)c1ccccc1[C@@H]1CCCN1C1CC2(CCN(c3ccc(C(=O)NS(=O)(=O)c4cnc(NCC5CCC(N=S6(=O)CCCCC6)CO5)c([N+](=O)[O-])c4)c(Oc4cnc5[nH]ccc5c4)c3)CC2)C1. The molecule has 1 saturated carbocycles. The van der Waals surface area contributed by atoms with E-state index in [9.17, 15) is 27.5 Å². The summed E-state index contributed by atoms with van der Waals surface area (Å²) in [5.74, 6) is 1.10. The van der Waals surface area contributed by atoms with Crippen molar-refractivity contribution in [3.8, 4) is 11.5 Å². The Morgan fingerprint density at radius 2 is 1.80 bits per heavy atom. The van der Waals surface area contributed by atoms with Crippen LogP contribution < -0.4 is 19.7 Å². The number of amides is 1. The second-order valence-electron chi connectivity index (χ2n) is 20.2. The molecule has 4 saturated heterocycles. The van der Waals surface area contributed by atoms with Crippen molar-refractivity contribution in [2.45, 2.75) is 120 Å². The quantitative estimate of drug-likeness (QED) is 0.0700. The van der Waals surface area contributed by atoms with E-state index in [2.05, 4.69) is 77.3 Å². The Bertz CT molecular complexity index is 2970. The highest BCUT2D eigenvalue weighted by Crippen LogP contribution is 2.54. The molecule has 70 heavy (non-hydrogen) atoms. The second-order valence-corrected chi connectivity index (χ2v) is 24.5. The van der Waals surface area contributed by atoms with Gasteiger partial charge in [0.25, 0.3) is 15.9 Å². The van der Waals surface area contributed by atoms with Crippen LogP contribution in [0.5, 0.6) is 11.5 Å². The normalized spacial score (nSPS) is 22.7. The van der Waals surface area contributed by atoms with Gasteiger partial charge in [0.1, 0.15) is 22.0 Å². The van der Waals surface area contributed by atoms with Crippen molar-refractivity contribution in [2.24, 2.45) is 9.78 Å². The van der Waals surface area contributed by atoms with E-state index >= 15 is 0 Å². The number of pyridine rings is 2. The lowest BCUT2D eigenvalue weighted by atomic mass is 9.59. The van der Waals surface area contributed by atoms with Gasteiger partial charge in [-0.05, 0) is 117 Å². The van der Waals surface area contributed by atoms with Crippen molar-refractivity contribution in [3.05, 3.63) is 106 Å². The fraction of sp³-hybridized carbons (Fsp3) is 0.510. The molecular weight excluding hydrogens is 931 g/mol. The molecule has 3 atom stereocenters. The Hall–Kier alpha value is -5.63. The second kappa shape index (κ2) is 19.9. The number of carbonyl (C=O) groups is 1. The summed E-state index contributed by atoms with van der Waals surface area (Å²) in [4.78, 5) is 41.7. The van der Waals surface area contributed by atoms with E-state index in [-0.39, 0.29) is 41.2 Å². The Morgan fingerprint density at radius 3 is 2.56 bits per heavy atom. The number of fused-ring (bicyclic) bond motifs is 1. The highest BCUT2D eigenvalue weighted by molar-refractivity contribution is 7.93. The van der Waals surface area contributed by atoms with E-state index in [1.807, 2.05) is 6.07 Å². The smallest absolute Gasteiger partial charge is 0.312 e. The molecule has 0 bridgehead atoms. The number of ether oxygens (including phenoxy) is 2. The van der Waals surface area contributed by atoms with E-state index in [0.29, 0.717) is 60.4 Å². The van der Waals surface area contributed by atoms with Crippen LogP contribution in [0.3, 0.4) is 0 Å². The Morgan fingerprint density at radius 1 is 1.00 bits per heavy atom. The number of sulfonamides is 1. The molecule has 5 aliphatic rings. The number of aromatic nitrogens is 3. The third-order valence-electron chi connectivity index (χ3n) is 15.3. The van der Waals surface area contributed by atoms with Crippen LogP contribution in [0.15, 0.2) is 88.5 Å². The van der Waals surface area contributed by atoms with Crippen LogP contribution in [0.2, 0.25) is 0 Å². The Kier molecular flexibility index (Phi) is 13.6. The van der Waals surface area contributed by atoms with Gasteiger partial charge >= 0.3 is 5.69 Å². The number of likely N-dealkylation sites (tertiary alicyclic amines) is 1. The first kappa shape index (κ1) is 48.0. The summed E-state index contributed by atoms with van der Waals surface area (Å²) in [5, 5.41) is 16.0. The van der Waals surface area contributed by atoms with Crippen LogP contribution in [0.1, 0.15) is 118 Å². The first-order valence-corrected chi connectivity index (χ1v) is 28.2. The third-order valence-corrected chi connectivity index (χ3v) is 19.1. The molecule has 7 heterocycles. The molecule has 372 valence electrons. The van der Waals surface area contributed by atoms with Gasteiger partial charge in [0.2, 0.25) is 5.82 Å². The predicted molar refractivity (Wildman–Crippen MR) is 270 cm³/mol. The van der Waals surface area contributed by atoms with Gasteiger partial charge in [-0.25, -0.2) is 31.7 Å². The molecule has 2 aromatic carbocycles. The average molecular weight is 994 g/mol. The van der Waals surface area contributed by atoms with Gasteiger partial charge in [0, 0.05) is 82.4 Å². The number of aromatic amines is 1. The number of nitrogens with one attached hydrogen (secondary N) is 3. The summed E-state index contributed by atoms with van der Waals surface area (Å²) in [6.45, 7) is 7.85. The molecule has 5 fully saturated rings. The number of nitrogens with zero attached hydrogens (tertiary/aromatic N) is 6. The van der Waals surface area contributed by atoms with E-state index in [1.54, 1.807) is 30.5 Å². The Labute approximate surface area is 409 Å². The van der Waals surface area contributed by atoms with E-state index in [4.69, 9.17) is 9.47 Å². The maximum Gasteiger partial charge on any atom is 0.312 e. The van der Waals surface area contributed by atoms with Crippen molar-refractivity contribution in [3.63, 3.8) is 0 Å². The molecule has 2 unspecified atom stereocenters. The van der Waals surface area contributed by atoms with Crippen molar-refractivity contribution in [2.75, 3.05) is 54.5 Å². The first-order valence-electron chi connectivity index (χ1n) is 24.9. The number of piperidine rings is 1. The van der Waals surface area contributed by atoms with Crippen molar-refractivity contribution in [1.82, 2.24) is 24.6 Å². The summed E-state index contributed by atoms with van der Waals surface area (Å²) in [5.41, 5.74) is 4.11. The zero-order valence-electron chi connectivity index (χ0n) is 39.9. The van der Waals surface area contributed by atoms with Gasteiger partial charge in [-0.2, -0.15) is 0 Å². The number of rotatable bonds is 14. The molecule has 17 nitrogen and oxygen atoms in total. The van der Waals surface area contributed by atoms with Crippen molar-refractivity contribution < 1.29 is 31.8 Å². The van der Waals surface area contributed by atoms with Crippen LogP contribution in [0.4, 0.5) is 17.2 Å². The topological polar surface area (TPSA) is 214 Å². The van der Waals surface area contributed by atoms with Crippen LogP contribution in [-0.2, 0) is 24.5 Å². The minimum absolute atomic E-state index is 0.0511. The van der Waals surface area contributed by atoms with Gasteiger partial charge in [-0.1, -0.05) is 44.5 Å². The van der Waals surface area contributed by atoms with Crippen molar-refractivity contribution >= 4 is 53.9 Å². The zero-order valence-corrected chi connectivity index (χ0v) is 41.5. The number of H-pyrrole nitrogens is 1. The number of benzene rings is 2. The molecule has 1 spiro atoms. The van der Waals surface area contributed by atoms with Gasteiger partial charge in [0.05, 0.1) is 41.6 Å². The van der Waals surface area contributed by atoms with E-state index in [0.717, 1.165) is 75.1 Å². The van der Waals surface area contributed by atoms with E-state index in [1.165, 1.54) is 43.0 Å². The summed E-state index contributed by atoms with van der Waals surface area (Å²) in [6, 6.07) is 19.5. The molecule has 3 N–H and O–H groups in total. The average Bonchev–Trinajstić information content (AvgIpc) is 4.03. The lowest BCUT2D eigenvalue weighted by Crippen LogP contribution is -2.54. The molecule has 4 aliphatic heterocycles. The number of anilines is 2. The molecule has 19 heteroatoms. The first-order chi connectivity index (χ1) is 33.7. The molecule has 10 rings (SSSR count). The monoisotopic (exact) mass is 993 g/mol.